The zero-order chi connectivity index (χ0) is 20.1. The van der Waals surface area contributed by atoms with E-state index in [1.165, 1.54) is 24.8 Å². The van der Waals surface area contributed by atoms with Crippen LogP contribution in [0.5, 0.6) is 0 Å². The third-order valence-electron chi connectivity index (χ3n) is 6.65. The van der Waals surface area contributed by atoms with Gasteiger partial charge in [0, 0.05) is 31.5 Å². The minimum Gasteiger partial charge on any atom is -0.460 e. The van der Waals surface area contributed by atoms with Gasteiger partial charge in [0.15, 0.2) is 0 Å². The molecule has 1 N–H and O–H groups in total. The molecule has 0 aromatic heterocycles. The molecule has 0 spiro atoms. The average Bonchev–Trinajstić information content (AvgIpc) is 3.17. The maximum absolute atomic E-state index is 13.1. The Kier molecular flexibility index (Phi) is 6.63. The van der Waals surface area contributed by atoms with E-state index < -0.39 is 0 Å². The molecule has 4 heteroatoms. The van der Waals surface area contributed by atoms with Crippen LogP contribution in [0, 0.1) is 11.8 Å². The summed E-state index contributed by atoms with van der Waals surface area (Å²) >= 11 is 0. The highest BCUT2D eigenvalue weighted by Crippen LogP contribution is 2.37. The Labute approximate surface area is 173 Å². The van der Waals surface area contributed by atoms with Crippen molar-refractivity contribution in [1.82, 2.24) is 4.90 Å². The smallest absolute Gasteiger partial charge is 0.323 e. The molecule has 1 aliphatic carbocycles. The van der Waals surface area contributed by atoms with Gasteiger partial charge in [-0.3, -0.25) is 9.69 Å². The van der Waals surface area contributed by atoms with Crippen LogP contribution in [0.3, 0.4) is 0 Å². The maximum atomic E-state index is 13.1. The zero-order valence-electron chi connectivity index (χ0n) is 17.0. The van der Waals surface area contributed by atoms with E-state index in [0.717, 1.165) is 25.1 Å². The number of hydrogen-bond donors (Lipinski definition) is 1. The molecule has 1 aliphatic heterocycles. The summed E-state index contributed by atoms with van der Waals surface area (Å²) in [5.41, 5.74) is 2.26. The highest BCUT2D eigenvalue weighted by molar-refractivity contribution is 5.76. The Balaban J connectivity index is 1.46. The van der Waals surface area contributed by atoms with Crippen molar-refractivity contribution in [3.63, 3.8) is 0 Å². The summed E-state index contributed by atoms with van der Waals surface area (Å²) in [6.45, 7) is 2.01. The lowest BCUT2D eigenvalue weighted by atomic mass is 9.80. The SMILES string of the molecule is O=C(OCc1ccccc1)[C@@H](CC1CCC1)N1C[C@H](CO)[C@@H](c2ccccc2)C1. The van der Waals surface area contributed by atoms with Gasteiger partial charge in [0.1, 0.15) is 12.6 Å². The number of benzene rings is 2. The molecule has 2 aromatic rings. The number of nitrogens with zero attached hydrogens (tertiary/aromatic N) is 1. The van der Waals surface area contributed by atoms with E-state index in [2.05, 4.69) is 17.0 Å². The van der Waals surface area contributed by atoms with Crippen molar-refractivity contribution in [2.75, 3.05) is 19.7 Å². The molecule has 2 fully saturated rings. The van der Waals surface area contributed by atoms with Crippen molar-refractivity contribution in [3.8, 4) is 0 Å². The van der Waals surface area contributed by atoms with Gasteiger partial charge in [0.2, 0.25) is 0 Å². The molecule has 2 aliphatic rings. The molecule has 2 aromatic carbocycles. The van der Waals surface area contributed by atoms with Gasteiger partial charge in [0.05, 0.1) is 0 Å². The van der Waals surface area contributed by atoms with Crippen LogP contribution in [-0.4, -0.2) is 41.7 Å². The first-order valence-electron chi connectivity index (χ1n) is 10.8. The van der Waals surface area contributed by atoms with Crippen LogP contribution in [0.4, 0.5) is 0 Å². The van der Waals surface area contributed by atoms with E-state index >= 15 is 0 Å². The summed E-state index contributed by atoms with van der Waals surface area (Å²) in [7, 11) is 0. The van der Waals surface area contributed by atoms with Crippen LogP contribution < -0.4 is 0 Å². The molecule has 0 bridgehead atoms. The lowest BCUT2D eigenvalue weighted by Crippen LogP contribution is -2.43. The second kappa shape index (κ2) is 9.55. The van der Waals surface area contributed by atoms with Crippen molar-refractivity contribution in [2.24, 2.45) is 11.8 Å². The number of carbonyl (C=O) groups is 1. The molecule has 0 unspecified atom stereocenters. The van der Waals surface area contributed by atoms with Crippen molar-refractivity contribution >= 4 is 5.97 Å². The molecule has 0 amide bonds. The standard InChI is InChI=1S/C25H31NO3/c27-17-22-15-26(16-23(22)21-12-5-2-6-13-21)24(14-19-10-7-11-19)25(28)29-18-20-8-3-1-4-9-20/h1-6,8-9,12-13,19,22-24,27H,7,10-11,14-18H2/t22-,23-,24-/m1/s1. The van der Waals surface area contributed by atoms with Gasteiger partial charge in [-0.2, -0.15) is 0 Å². The van der Waals surface area contributed by atoms with E-state index in [0.29, 0.717) is 12.5 Å². The van der Waals surface area contributed by atoms with Gasteiger partial charge in [-0.15, -0.1) is 0 Å². The second-order valence-corrected chi connectivity index (χ2v) is 8.56. The van der Waals surface area contributed by atoms with Crippen LogP contribution >= 0.6 is 0 Å². The number of hydrogen-bond acceptors (Lipinski definition) is 4. The van der Waals surface area contributed by atoms with Gasteiger partial charge in [-0.1, -0.05) is 79.9 Å². The van der Waals surface area contributed by atoms with E-state index in [1.807, 2.05) is 48.5 Å². The van der Waals surface area contributed by atoms with Crippen LogP contribution in [0.1, 0.15) is 42.7 Å². The summed E-state index contributed by atoms with van der Waals surface area (Å²) in [6.07, 6.45) is 4.55. The predicted octanol–water partition coefficient (Wildman–Crippen LogP) is 4.00. The zero-order valence-corrected chi connectivity index (χ0v) is 17.0. The largest absolute Gasteiger partial charge is 0.460 e. The summed E-state index contributed by atoms with van der Waals surface area (Å²) in [4.78, 5) is 15.4. The van der Waals surface area contributed by atoms with Crippen molar-refractivity contribution in [1.29, 1.82) is 0 Å². The Morgan fingerprint density at radius 3 is 2.34 bits per heavy atom. The first-order valence-corrected chi connectivity index (χ1v) is 10.8. The number of aliphatic hydroxyl groups excluding tert-OH is 1. The molecular weight excluding hydrogens is 362 g/mol. The number of carbonyl (C=O) groups excluding carboxylic acids is 1. The van der Waals surface area contributed by atoms with Gasteiger partial charge in [0.25, 0.3) is 0 Å². The van der Waals surface area contributed by atoms with Gasteiger partial charge in [-0.05, 0) is 23.5 Å². The van der Waals surface area contributed by atoms with Crippen LogP contribution in [0.25, 0.3) is 0 Å². The third-order valence-corrected chi connectivity index (χ3v) is 6.65. The number of esters is 1. The number of ether oxygens (including phenoxy) is 1. The lowest BCUT2D eigenvalue weighted by Gasteiger charge is -2.33. The molecular formula is C25H31NO3. The molecule has 154 valence electrons. The highest BCUT2D eigenvalue weighted by atomic mass is 16.5. The lowest BCUT2D eigenvalue weighted by molar-refractivity contribution is -0.152. The van der Waals surface area contributed by atoms with Crippen LogP contribution in [0.2, 0.25) is 0 Å². The first-order chi connectivity index (χ1) is 14.2. The van der Waals surface area contributed by atoms with E-state index in [4.69, 9.17) is 4.74 Å². The van der Waals surface area contributed by atoms with E-state index in [1.54, 1.807) is 0 Å². The Morgan fingerprint density at radius 1 is 1.03 bits per heavy atom. The fraction of sp³-hybridized carbons (Fsp3) is 0.480. The molecule has 1 saturated carbocycles. The number of rotatable bonds is 8. The van der Waals surface area contributed by atoms with Gasteiger partial charge >= 0.3 is 5.97 Å². The third kappa shape index (κ3) is 4.88. The minimum absolute atomic E-state index is 0.119. The van der Waals surface area contributed by atoms with Crippen molar-refractivity contribution < 1.29 is 14.6 Å². The van der Waals surface area contributed by atoms with E-state index in [-0.39, 0.29) is 30.5 Å². The summed E-state index contributed by atoms with van der Waals surface area (Å²) in [6, 6.07) is 20.0. The summed E-state index contributed by atoms with van der Waals surface area (Å²) in [5.74, 6) is 0.911. The molecule has 3 atom stereocenters. The molecule has 4 nitrogen and oxygen atoms in total. The van der Waals surface area contributed by atoms with Gasteiger partial charge < -0.3 is 9.84 Å². The van der Waals surface area contributed by atoms with E-state index in [9.17, 15) is 9.90 Å². The minimum atomic E-state index is -0.216. The number of aliphatic hydroxyl groups is 1. The molecule has 1 heterocycles. The molecule has 1 saturated heterocycles. The Morgan fingerprint density at radius 2 is 1.72 bits per heavy atom. The van der Waals surface area contributed by atoms with Crippen molar-refractivity contribution in [3.05, 3.63) is 71.8 Å². The fourth-order valence-electron chi connectivity index (χ4n) is 4.69. The highest BCUT2D eigenvalue weighted by Gasteiger charge is 2.41. The maximum Gasteiger partial charge on any atom is 0.323 e. The monoisotopic (exact) mass is 393 g/mol. The van der Waals surface area contributed by atoms with Crippen molar-refractivity contribution in [2.45, 2.75) is 44.2 Å². The summed E-state index contributed by atoms with van der Waals surface area (Å²) < 4.78 is 5.74. The number of likely N-dealkylation sites (tertiary alicyclic amines) is 1. The summed E-state index contributed by atoms with van der Waals surface area (Å²) in [5, 5.41) is 9.98. The first kappa shape index (κ1) is 20.1. The Hall–Kier alpha value is -2.17. The fourth-order valence-corrected chi connectivity index (χ4v) is 4.69. The van der Waals surface area contributed by atoms with Gasteiger partial charge in [-0.25, -0.2) is 0 Å². The normalized spacial score (nSPS) is 23.5. The molecule has 4 rings (SSSR count). The second-order valence-electron chi connectivity index (χ2n) is 8.56. The predicted molar refractivity (Wildman–Crippen MR) is 113 cm³/mol. The Bertz CT molecular complexity index is 775. The van der Waals surface area contributed by atoms with Crippen LogP contribution in [-0.2, 0) is 16.1 Å². The topological polar surface area (TPSA) is 49.8 Å². The van der Waals surface area contributed by atoms with Crippen LogP contribution in [0.15, 0.2) is 60.7 Å². The quantitative estimate of drug-likeness (QED) is 0.689. The average molecular weight is 394 g/mol. The molecule has 29 heavy (non-hydrogen) atoms. The molecule has 0 radical (unpaired) electrons.